The van der Waals surface area contributed by atoms with Gasteiger partial charge >= 0.3 is 24.2 Å². The van der Waals surface area contributed by atoms with Gasteiger partial charge in [0.05, 0.1) is 0 Å². The molecule has 18 heavy (non-hydrogen) atoms. The highest BCUT2D eigenvalue weighted by Gasteiger charge is 2.75. The summed E-state index contributed by atoms with van der Waals surface area (Å²) < 4.78 is 131. The minimum absolute atomic E-state index is 3.57. The van der Waals surface area contributed by atoms with E-state index >= 15 is 0 Å². The molecule has 0 aromatic rings. The van der Waals surface area contributed by atoms with Crippen LogP contribution in [-0.4, -0.2) is 24.2 Å². The number of hydrogen-bond acceptors (Lipinski definition) is 0. The molecule has 12 heteroatoms. The van der Waals surface area contributed by atoms with E-state index in [0.717, 1.165) is 0 Å². The molecular formula is C6ClF11. The summed E-state index contributed by atoms with van der Waals surface area (Å²) in [6.07, 6.45) is -13.1. The number of alkyl halides is 10. The van der Waals surface area contributed by atoms with Gasteiger partial charge in [0.25, 0.3) is 0 Å². The maximum atomic E-state index is 12.5. The smallest absolute Gasteiger partial charge is 0.200 e. The predicted molar refractivity (Wildman–Crippen MR) is 36.0 cm³/mol. The van der Waals surface area contributed by atoms with Gasteiger partial charge < -0.3 is 0 Å². The molecule has 0 aromatic carbocycles. The number of allylic oxidation sites excluding steroid dienone is 2. The van der Waals surface area contributed by atoms with Crippen molar-refractivity contribution in [1.29, 1.82) is 0 Å². The van der Waals surface area contributed by atoms with Crippen molar-refractivity contribution in [2.45, 2.75) is 24.2 Å². The van der Waals surface area contributed by atoms with Gasteiger partial charge in [0, 0.05) is 0 Å². The molecule has 0 aliphatic carbocycles. The van der Waals surface area contributed by atoms with Gasteiger partial charge in [0.1, 0.15) is 5.03 Å². The van der Waals surface area contributed by atoms with Crippen LogP contribution >= 0.6 is 11.6 Å². The highest BCUT2D eigenvalue weighted by molar-refractivity contribution is 6.31. The lowest BCUT2D eigenvalue weighted by atomic mass is 10.1. The zero-order valence-electron chi connectivity index (χ0n) is 7.54. The molecule has 0 fully saturated rings. The van der Waals surface area contributed by atoms with Gasteiger partial charge in [0.15, 0.2) is 0 Å². The fourth-order valence-corrected chi connectivity index (χ4v) is 0.804. The van der Waals surface area contributed by atoms with Crippen LogP contribution in [0.15, 0.2) is 10.9 Å². The molecule has 0 amide bonds. The zero-order chi connectivity index (χ0) is 15.2. The Labute approximate surface area is 96.0 Å². The maximum absolute atomic E-state index is 12.5. The quantitative estimate of drug-likeness (QED) is 0.642. The minimum atomic E-state index is -6.96. The monoisotopic (exact) mass is 316 g/mol. The summed E-state index contributed by atoms with van der Waals surface area (Å²) in [6.45, 7) is 0. The van der Waals surface area contributed by atoms with Crippen molar-refractivity contribution in [3.8, 4) is 0 Å². The number of halogens is 12. The van der Waals surface area contributed by atoms with Crippen molar-refractivity contribution in [3.05, 3.63) is 10.9 Å². The molecule has 0 rings (SSSR count). The first-order chi connectivity index (χ1) is 7.57. The van der Waals surface area contributed by atoms with E-state index in [0.29, 0.717) is 0 Å². The molecule has 0 unspecified atom stereocenters. The second kappa shape index (κ2) is 4.42. The molecule has 0 saturated carbocycles. The van der Waals surface area contributed by atoms with Crippen molar-refractivity contribution in [2.24, 2.45) is 0 Å². The van der Waals surface area contributed by atoms with Gasteiger partial charge in [-0.1, -0.05) is 11.6 Å². The Kier molecular flexibility index (Phi) is 4.24. The maximum Gasteiger partial charge on any atom is 0.460 e. The molecule has 0 saturated heterocycles. The second-order valence-electron chi connectivity index (χ2n) is 2.77. The van der Waals surface area contributed by atoms with Gasteiger partial charge in [-0.2, -0.15) is 43.9 Å². The third kappa shape index (κ3) is 2.81. The predicted octanol–water partition coefficient (Wildman–Crippen LogP) is 4.80. The molecule has 108 valence electrons. The lowest BCUT2D eigenvalue weighted by Crippen LogP contribution is -2.52. The van der Waals surface area contributed by atoms with E-state index in [1.54, 1.807) is 0 Å². The Morgan fingerprint density at radius 3 is 1.28 bits per heavy atom. The fraction of sp³-hybridized carbons (Fsp3) is 0.667. The Morgan fingerprint density at radius 2 is 1.06 bits per heavy atom. The van der Waals surface area contributed by atoms with Crippen molar-refractivity contribution in [3.63, 3.8) is 0 Å². The summed E-state index contributed by atoms with van der Waals surface area (Å²) in [5.74, 6) is -17.5. The highest BCUT2D eigenvalue weighted by atomic mass is 35.5. The Hall–Kier alpha value is -0.740. The van der Waals surface area contributed by atoms with Gasteiger partial charge in [0.2, 0.25) is 5.83 Å². The first-order valence-corrected chi connectivity index (χ1v) is 3.90. The third-order valence-corrected chi connectivity index (χ3v) is 1.87. The van der Waals surface area contributed by atoms with Crippen LogP contribution in [0, 0.1) is 0 Å². The number of rotatable bonds is 2. The third-order valence-electron chi connectivity index (χ3n) is 1.47. The summed E-state index contributed by atoms with van der Waals surface area (Å²) in [7, 11) is 0. The Morgan fingerprint density at radius 1 is 0.722 bits per heavy atom. The first-order valence-electron chi connectivity index (χ1n) is 3.52. The Balaban J connectivity index is 5.83. The van der Waals surface area contributed by atoms with E-state index in [-0.39, 0.29) is 0 Å². The van der Waals surface area contributed by atoms with E-state index < -0.39 is 35.1 Å². The molecule has 0 radical (unpaired) electrons. The van der Waals surface area contributed by atoms with E-state index in [1.165, 1.54) is 0 Å². The molecule has 0 aliphatic rings. The molecule has 0 spiro atoms. The van der Waals surface area contributed by atoms with E-state index in [2.05, 4.69) is 11.6 Å². The summed E-state index contributed by atoms with van der Waals surface area (Å²) in [5.41, 5.74) is 0. The molecule has 0 bridgehead atoms. The lowest BCUT2D eigenvalue weighted by Gasteiger charge is -2.28. The first kappa shape index (κ1) is 17.3. The lowest BCUT2D eigenvalue weighted by molar-refractivity contribution is -0.343. The van der Waals surface area contributed by atoms with Gasteiger partial charge in [-0.15, -0.1) is 0 Å². The molecule has 0 nitrogen and oxygen atoms in total. The van der Waals surface area contributed by atoms with Crippen LogP contribution in [0.3, 0.4) is 0 Å². The van der Waals surface area contributed by atoms with Crippen LogP contribution < -0.4 is 0 Å². The van der Waals surface area contributed by atoms with Crippen molar-refractivity contribution in [2.75, 3.05) is 0 Å². The number of hydrogen-bond donors (Lipinski definition) is 0. The SMILES string of the molecule is F/C(=C(/Cl)C(F)(F)C(F)(F)C(F)(F)F)C(F)(F)F. The minimum Gasteiger partial charge on any atom is -0.200 e. The van der Waals surface area contributed by atoms with Crippen LogP contribution in [0.1, 0.15) is 0 Å². The molecule has 0 aliphatic heterocycles. The molecule has 0 aromatic heterocycles. The van der Waals surface area contributed by atoms with Crippen LogP contribution in [0.5, 0.6) is 0 Å². The summed E-state index contributed by atoms with van der Waals surface area (Å²) in [5, 5.41) is -3.57. The zero-order valence-corrected chi connectivity index (χ0v) is 8.29. The van der Waals surface area contributed by atoms with Crippen molar-refractivity contribution >= 4 is 11.6 Å². The van der Waals surface area contributed by atoms with E-state index in [9.17, 15) is 48.3 Å². The van der Waals surface area contributed by atoms with Crippen molar-refractivity contribution < 1.29 is 48.3 Å². The second-order valence-corrected chi connectivity index (χ2v) is 3.15. The van der Waals surface area contributed by atoms with Crippen LogP contribution in [0.4, 0.5) is 48.3 Å². The molecule has 0 N–H and O–H groups in total. The average molecular weight is 316 g/mol. The van der Waals surface area contributed by atoms with E-state index in [1.807, 2.05) is 0 Å². The largest absolute Gasteiger partial charge is 0.460 e. The van der Waals surface area contributed by atoms with Crippen LogP contribution in [0.2, 0.25) is 0 Å². The van der Waals surface area contributed by atoms with Crippen LogP contribution in [-0.2, 0) is 0 Å². The molecule has 0 atom stereocenters. The summed E-state index contributed by atoms with van der Waals surface area (Å²) >= 11 is 3.95. The van der Waals surface area contributed by atoms with Crippen LogP contribution in [0.25, 0.3) is 0 Å². The Bertz CT molecular complexity index is 346. The van der Waals surface area contributed by atoms with Gasteiger partial charge in [-0.3, -0.25) is 0 Å². The summed E-state index contributed by atoms with van der Waals surface area (Å²) in [4.78, 5) is 0. The average Bonchev–Trinajstić information content (AvgIpc) is 2.11. The highest BCUT2D eigenvalue weighted by Crippen LogP contribution is 2.52. The van der Waals surface area contributed by atoms with Crippen molar-refractivity contribution in [1.82, 2.24) is 0 Å². The van der Waals surface area contributed by atoms with Gasteiger partial charge in [-0.05, 0) is 0 Å². The standard InChI is InChI=1S/C6ClF11/c7-1(2(8)4(11,12)13)3(9,10)5(14,15)6(16,17)18/b2-1+. The molecular weight excluding hydrogens is 316 g/mol. The summed E-state index contributed by atoms with van der Waals surface area (Å²) in [6, 6.07) is 0. The van der Waals surface area contributed by atoms with Gasteiger partial charge in [-0.25, -0.2) is 4.39 Å². The van der Waals surface area contributed by atoms with E-state index in [4.69, 9.17) is 0 Å². The molecule has 0 heterocycles. The normalized spacial score (nSPS) is 16.7. The fourth-order valence-electron chi connectivity index (χ4n) is 0.578. The topological polar surface area (TPSA) is 0 Å².